The Morgan fingerprint density at radius 2 is 2.12 bits per heavy atom. The fourth-order valence-electron chi connectivity index (χ4n) is 3.33. The van der Waals surface area contributed by atoms with E-state index in [1.807, 2.05) is 47.5 Å². The molecule has 168 valence electrons. The Labute approximate surface area is 190 Å². The minimum atomic E-state index is -0.532. The number of aliphatic imine (C=N–C) groups is 1. The van der Waals surface area contributed by atoms with Crippen LogP contribution in [0.3, 0.4) is 0 Å². The maximum absolute atomic E-state index is 12.7. The Balaban J connectivity index is 1.52. The molecule has 0 amide bonds. The molecular weight excluding hydrogens is 427 g/mol. The zero-order chi connectivity index (χ0) is 22.7. The molecule has 32 heavy (non-hydrogen) atoms. The van der Waals surface area contributed by atoms with Crippen LogP contribution in [0.4, 0.5) is 9.52 Å². The number of aryl methyl sites for hydroxylation is 1. The average Bonchev–Trinajstić information content (AvgIpc) is 3.17. The first kappa shape index (κ1) is 22.1. The Kier molecular flexibility index (Phi) is 6.36. The van der Waals surface area contributed by atoms with E-state index >= 15 is 0 Å². The lowest BCUT2D eigenvalue weighted by molar-refractivity contribution is 0.396. The smallest absolute Gasteiger partial charge is 0.238 e. The first-order valence-electron chi connectivity index (χ1n) is 10.5. The van der Waals surface area contributed by atoms with Crippen LogP contribution >= 0.6 is 11.3 Å². The van der Waals surface area contributed by atoms with Crippen molar-refractivity contribution in [1.82, 2.24) is 14.5 Å². The topological polar surface area (TPSA) is 88.2 Å². The molecule has 1 aliphatic carbocycles. The fraction of sp³-hybridized carbons (Fsp3) is 0.391. The summed E-state index contributed by atoms with van der Waals surface area (Å²) in [6.45, 7) is 3.66. The summed E-state index contributed by atoms with van der Waals surface area (Å²) in [4.78, 5) is 13.6. The molecule has 0 saturated heterocycles. The van der Waals surface area contributed by atoms with Crippen molar-refractivity contribution in [3.05, 3.63) is 41.5 Å². The van der Waals surface area contributed by atoms with Gasteiger partial charge in [-0.3, -0.25) is 4.99 Å². The van der Waals surface area contributed by atoms with Gasteiger partial charge in [0, 0.05) is 35.3 Å². The van der Waals surface area contributed by atoms with Crippen LogP contribution < -0.4 is 10.1 Å². The van der Waals surface area contributed by atoms with Gasteiger partial charge < -0.3 is 20.0 Å². The van der Waals surface area contributed by atoms with Crippen LogP contribution in [0.5, 0.6) is 5.88 Å². The molecule has 9 heteroatoms. The van der Waals surface area contributed by atoms with Crippen LogP contribution in [0, 0.1) is 17.7 Å². The minimum Gasteiger partial charge on any atom is -0.479 e. The molecule has 2 N–H and O–H groups in total. The molecule has 0 atom stereocenters. The Morgan fingerprint density at radius 3 is 2.78 bits per heavy atom. The molecule has 0 aromatic carbocycles. The van der Waals surface area contributed by atoms with Crippen molar-refractivity contribution in [3.63, 3.8) is 0 Å². The van der Waals surface area contributed by atoms with Crippen molar-refractivity contribution in [3.8, 4) is 23.0 Å². The number of nitrogens with zero attached hydrogens (tertiary/aromatic N) is 4. The van der Waals surface area contributed by atoms with E-state index in [4.69, 9.17) is 10.1 Å². The Hall–Kier alpha value is -3.07. The summed E-state index contributed by atoms with van der Waals surface area (Å²) < 4.78 is 20.2. The SMILES string of the molecule is COc1nc(-c2csc(NC(CC(=N)C3(C)CC3)=NCCF)n2)ccc1-n1ccc(C)c1. The van der Waals surface area contributed by atoms with Gasteiger partial charge in [-0.2, -0.15) is 0 Å². The first-order valence-corrected chi connectivity index (χ1v) is 11.4. The van der Waals surface area contributed by atoms with E-state index in [1.54, 1.807) is 7.11 Å². The molecule has 0 radical (unpaired) electrons. The summed E-state index contributed by atoms with van der Waals surface area (Å²) in [6, 6.07) is 5.89. The van der Waals surface area contributed by atoms with Gasteiger partial charge in [0.25, 0.3) is 0 Å². The third-order valence-electron chi connectivity index (χ3n) is 5.63. The summed E-state index contributed by atoms with van der Waals surface area (Å²) in [6.07, 6.45) is 6.41. The molecule has 0 aliphatic heterocycles. The predicted molar refractivity (Wildman–Crippen MR) is 128 cm³/mol. The van der Waals surface area contributed by atoms with Crippen LogP contribution in [-0.2, 0) is 0 Å². The van der Waals surface area contributed by atoms with Crippen molar-refractivity contribution in [1.29, 1.82) is 5.41 Å². The highest BCUT2D eigenvalue weighted by atomic mass is 32.1. The van der Waals surface area contributed by atoms with Gasteiger partial charge in [-0.15, -0.1) is 11.3 Å². The van der Waals surface area contributed by atoms with Crippen LogP contribution in [0.2, 0.25) is 0 Å². The minimum absolute atomic E-state index is 0.0350. The van der Waals surface area contributed by atoms with E-state index < -0.39 is 6.67 Å². The highest BCUT2D eigenvalue weighted by Gasteiger charge is 2.41. The lowest BCUT2D eigenvalue weighted by Crippen LogP contribution is -2.22. The van der Waals surface area contributed by atoms with Crippen LogP contribution in [0.1, 0.15) is 31.7 Å². The molecule has 0 bridgehead atoms. The number of alkyl halides is 1. The molecule has 3 aromatic heterocycles. The lowest BCUT2D eigenvalue weighted by atomic mass is 10.00. The Morgan fingerprint density at radius 1 is 1.31 bits per heavy atom. The van der Waals surface area contributed by atoms with Gasteiger partial charge in [0.15, 0.2) is 5.13 Å². The van der Waals surface area contributed by atoms with Crippen LogP contribution in [-0.4, -0.2) is 46.4 Å². The van der Waals surface area contributed by atoms with Crippen molar-refractivity contribution < 1.29 is 9.13 Å². The molecule has 4 rings (SSSR count). The quantitative estimate of drug-likeness (QED) is 0.339. The number of thiazole rings is 1. The first-order chi connectivity index (χ1) is 15.4. The number of amidine groups is 1. The molecule has 7 nitrogen and oxygen atoms in total. The summed E-state index contributed by atoms with van der Waals surface area (Å²) in [5, 5.41) is 14.1. The average molecular weight is 455 g/mol. The van der Waals surface area contributed by atoms with Crippen molar-refractivity contribution in [2.75, 3.05) is 25.6 Å². The monoisotopic (exact) mass is 454 g/mol. The fourth-order valence-corrected chi connectivity index (χ4v) is 4.06. The van der Waals surface area contributed by atoms with Crippen LogP contribution in [0.25, 0.3) is 17.1 Å². The number of rotatable bonds is 9. The predicted octanol–water partition coefficient (Wildman–Crippen LogP) is 5.30. The number of ether oxygens (including phenoxy) is 1. The second kappa shape index (κ2) is 9.20. The molecule has 1 aliphatic rings. The molecule has 3 aromatic rings. The summed E-state index contributed by atoms with van der Waals surface area (Å²) >= 11 is 1.42. The van der Waals surface area contributed by atoms with Crippen molar-refractivity contribution in [2.45, 2.75) is 33.1 Å². The number of halogens is 1. The largest absolute Gasteiger partial charge is 0.479 e. The van der Waals surface area contributed by atoms with Crippen molar-refractivity contribution >= 4 is 28.0 Å². The number of pyridine rings is 1. The summed E-state index contributed by atoms with van der Waals surface area (Å²) in [5.74, 6) is 1.09. The number of methoxy groups -OCH3 is 1. The molecule has 3 heterocycles. The summed E-state index contributed by atoms with van der Waals surface area (Å²) in [7, 11) is 1.60. The van der Waals surface area contributed by atoms with E-state index in [1.165, 1.54) is 11.3 Å². The third kappa shape index (κ3) is 4.88. The van der Waals surface area contributed by atoms with Gasteiger partial charge in [-0.1, -0.05) is 6.92 Å². The van der Waals surface area contributed by atoms with E-state index in [-0.39, 0.29) is 12.0 Å². The van der Waals surface area contributed by atoms with E-state index in [9.17, 15) is 4.39 Å². The molecule has 1 saturated carbocycles. The summed E-state index contributed by atoms with van der Waals surface area (Å²) in [5.41, 5.74) is 4.00. The maximum Gasteiger partial charge on any atom is 0.238 e. The highest BCUT2D eigenvalue weighted by molar-refractivity contribution is 7.14. The number of nitrogens with one attached hydrogen (secondary N) is 2. The molecule has 1 fully saturated rings. The Bertz CT molecular complexity index is 1150. The molecule has 0 spiro atoms. The lowest BCUT2D eigenvalue weighted by Gasteiger charge is -2.13. The normalized spacial score (nSPS) is 14.9. The van der Waals surface area contributed by atoms with Gasteiger partial charge in [0.1, 0.15) is 23.9 Å². The zero-order valence-corrected chi connectivity index (χ0v) is 19.3. The standard InChI is InChI=1S/C23H27FN6OS/c1-15-6-11-30(13-15)18-5-4-16(27-21(18)31-3)17-14-32-22(28-17)29-20(26-10-9-24)12-19(25)23(2)7-8-23/h4-6,11,13-14,25H,7-10,12H2,1-3H3,(H,26,28,29). The van der Waals surface area contributed by atoms with Gasteiger partial charge in [-0.25, -0.2) is 14.4 Å². The van der Waals surface area contributed by atoms with E-state index in [0.29, 0.717) is 40.4 Å². The molecule has 0 unspecified atom stereocenters. The van der Waals surface area contributed by atoms with Gasteiger partial charge in [0.2, 0.25) is 5.88 Å². The maximum atomic E-state index is 12.7. The van der Waals surface area contributed by atoms with Gasteiger partial charge in [0.05, 0.1) is 19.3 Å². The molecular formula is C23H27FN6OS. The van der Waals surface area contributed by atoms with Crippen molar-refractivity contribution in [2.24, 2.45) is 10.4 Å². The zero-order valence-electron chi connectivity index (χ0n) is 18.5. The second-order valence-electron chi connectivity index (χ2n) is 8.22. The second-order valence-corrected chi connectivity index (χ2v) is 9.08. The van der Waals surface area contributed by atoms with E-state index in [0.717, 1.165) is 24.1 Å². The number of hydrogen-bond donors (Lipinski definition) is 2. The van der Waals surface area contributed by atoms with Gasteiger partial charge >= 0.3 is 0 Å². The van der Waals surface area contributed by atoms with Crippen LogP contribution in [0.15, 0.2) is 41.0 Å². The van der Waals surface area contributed by atoms with E-state index in [2.05, 4.69) is 27.2 Å². The highest BCUT2D eigenvalue weighted by Crippen LogP contribution is 2.46. The number of hydrogen-bond acceptors (Lipinski definition) is 6. The number of anilines is 1. The third-order valence-corrected chi connectivity index (χ3v) is 6.39. The van der Waals surface area contributed by atoms with Gasteiger partial charge in [-0.05, 0) is 43.5 Å². The number of aromatic nitrogens is 3.